The second kappa shape index (κ2) is 6.57. The monoisotopic (exact) mass is 346 g/mol. The summed E-state index contributed by atoms with van der Waals surface area (Å²) < 4.78 is 0. The molecule has 4 aliphatic carbocycles. The fraction of sp³-hybridized carbons (Fsp3) is 0.957. The lowest BCUT2D eigenvalue weighted by Gasteiger charge is -2.60. The van der Waals surface area contributed by atoms with Crippen LogP contribution < -0.4 is 0 Å². The maximum absolute atomic E-state index is 10.9. The number of fused-ring (bicyclic) bond motifs is 5. The van der Waals surface area contributed by atoms with Crippen LogP contribution in [-0.2, 0) is 4.79 Å². The third-order valence-corrected chi connectivity index (χ3v) is 9.72. The molecule has 0 amide bonds. The summed E-state index contributed by atoms with van der Waals surface area (Å²) in [6, 6.07) is 0. The van der Waals surface area contributed by atoms with Crippen LogP contribution >= 0.6 is 0 Å². The molecule has 2 nitrogen and oxygen atoms in total. The lowest BCUT2D eigenvalue weighted by Crippen LogP contribution is -2.52. The van der Waals surface area contributed by atoms with Crippen molar-refractivity contribution in [2.75, 3.05) is 0 Å². The zero-order chi connectivity index (χ0) is 17.7. The lowest BCUT2D eigenvalue weighted by atomic mass is 9.45. The maximum Gasteiger partial charge on any atom is 0.303 e. The van der Waals surface area contributed by atoms with Gasteiger partial charge in [0.05, 0.1) is 0 Å². The standard InChI is InChI=1S/C23H38O2/c1-22-14-4-3-6-16(22)9-11-18-19-12-10-17(7-5-8-21(24)25)23(19,2)15-13-20(18)22/h16-20H,3-15H2,1-2H3,(H,24,25)/t16?,17?,18-,19?,20?,22-,23+/m0/s1. The number of carboxylic acids is 1. The van der Waals surface area contributed by atoms with Gasteiger partial charge in [-0.2, -0.15) is 0 Å². The van der Waals surface area contributed by atoms with Gasteiger partial charge in [-0.3, -0.25) is 4.79 Å². The van der Waals surface area contributed by atoms with Crippen LogP contribution in [0.5, 0.6) is 0 Å². The smallest absolute Gasteiger partial charge is 0.303 e. The van der Waals surface area contributed by atoms with Crippen molar-refractivity contribution >= 4 is 5.97 Å². The normalized spacial score (nSPS) is 49.1. The van der Waals surface area contributed by atoms with Crippen LogP contribution in [0.2, 0.25) is 0 Å². The van der Waals surface area contributed by atoms with E-state index in [1.807, 2.05) is 0 Å². The molecule has 0 aromatic carbocycles. The molecule has 0 bridgehead atoms. The molecule has 4 unspecified atom stereocenters. The third kappa shape index (κ3) is 2.86. The van der Waals surface area contributed by atoms with Gasteiger partial charge in [-0.05, 0) is 105 Å². The van der Waals surface area contributed by atoms with Crippen molar-refractivity contribution < 1.29 is 9.90 Å². The Morgan fingerprint density at radius 3 is 2.52 bits per heavy atom. The molecule has 2 heteroatoms. The van der Waals surface area contributed by atoms with Crippen LogP contribution in [0.1, 0.15) is 97.3 Å². The predicted molar refractivity (Wildman–Crippen MR) is 101 cm³/mol. The highest BCUT2D eigenvalue weighted by atomic mass is 16.4. The van der Waals surface area contributed by atoms with E-state index >= 15 is 0 Å². The summed E-state index contributed by atoms with van der Waals surface area (Å²) >= 11 is 0. The summed E-state index contributed by atoms with van der Waals surface area (Å²) in [7, 11) is 0. The van der Waals surface area contributed by atoms with Gasteiger partial charge in [0, 0.05) is 6.42 Å². The fourth-order valence-electron chi connectivity index (χ4n) is 8.38. The van der Waals surface area contributed by atoms with E-state index in [1.165, 1.54) is 64.2 Å². The molecule has 4 rings (SSSR count). The Bertz CT molecular complexity index is 514. The van der Waals surface area contributed by atoms with E-state index in [-0.39, 0.29) is 0 Å². The summed E-state index contributed by atoms with van der Waals surface area (Å²) in [5.74, 6) is 4.08. The Hall–Kier alpha value is -0.530. The molecule has 0 radical (unpaired) electrons. The van der Waals surface area contributed by atoms with E-state index < -0.39 is 5.97 Å². The summed E-state index contributed by atoms with van der Waals surface area (Å²) in [6.07, 6.45) is 17.0. The van der Waals surface area contributed by atoms with Gasteiger partial charge in [-0.1, -0.05) is 26.7 Å². The summed E-state index contributed by atoms with van der Waals surface area (Å²) in [5.41, 5.74) is 1.15. The Balaban J connectivity index is 1.48. The van der Waals surface area contributed by atoms with Crippen molar-refractivity contribution in [1.82, 2.24) is 0 Å². The zero-order valence-electron chi connectivity index (χ0n) is 16.4. The van der Waals surface area contributed by atoms with Gasteiger partial charge < -0.3 is 5.11 Å². The highest BCUT2D eigenvalue weighted by Crippen LogP contribution is 2.67. The molecule has 4 saturated carbocycles. The van der Waals surface area contributed by atoms with Crippen LogP contribution in [0.25, 0.3) is 0 Å². The molecular weight excluding hydrogens is 308 g/mol. The summed E-state index contributed by atoms with van der Waals surface area (Å²) in [6.45, 7) is 5.25. The lowest BCUT2D eigenvalue weighted by molar-refractivity contribution is -0.137. The minimum Gasteiger partial charge on any atom is -0.481 e. The second-order valence-electron chi connectivity index (χ2n) is 10.5. The number of hydrogen-bond acceptors (Lipinski definition) is 1. The van der Waals surface area contributed by atoms with E-state index in [1.54, 1.807) is 0 Å². The van der Waals surface area contributed by atoms with E-state index in [2.05, 4.69) is 13.8 Å². The number of aliphatic carboxylic acids is 1. The highest BCUT2D eigenvalue weighted by molar-refractivity contribution is 5.66. The molecule has 0 heterocycles. The molecular formula is C23H38O2. The summed E-state index contributed by atoms with van der Waals surface area (Å²) in [4.78, 5) is 10.9. The highest BCUT2D eigenvalue weighted by Gasteiger charge is 2.59. The molecule has 0 aliphatic heterocycles. The largest absolute Gasteiger partial charge is 0.481 e. The number of hydrogen-bond donors (Lipinski definition) is 1. The van der Waals surface area contributed by atoms with Crippen molar-refractivity contribution in [3.05, 3.63) is 0 Å². The molecule has 0 aromatic heterocycles. The molecule has 25 heavy (non-hydrogen) atoms. The van der Waals surface area contributed by atoms with Crippen molar-refractivity contribution in [3.63, 3.8) is 0 Å². The zero-order valence-corrected chi connectivity index (χ0v) is 16.4. The van der Waals surface area contributed by atoms with Gasteiger partial charge in [0.15, 0.2) is 0 Å². The van der Waals surface area contributed by atoms with E-state index in [0.717, 1.165) is 42.4 Å². The average Bonchev–Trinajstić information content (AvgIpc) is 2.91. The molecule has 4 aliphatic rings. The van der Waals surface area contributed by atoms with Gasteiger partial charge in [-0.15, -0.1) is 0 Å². The first-order valence-corrected chi connectivity index (χ1v) is 11.2. The molecule has 1 N–H and O–H groups in total. The number of carbonyl (C=O) groups is 1. The van der Waals surface area contributed by atoms with Gasteiger partial charge in [0.1, 0.15) is 0 Å². The van der Waals surface area contributed by atoms with Crippen molar-refractivity contribution in [1.29, 1.82) is 0 Å². The first kappa shape index (κ1) is 17.9. The maximum atomic E-state index is 10.9. The second-order valence-corrected chi connectivity index (χ2v) is 10.5. The first-order valence-electron chi connectivity index (χ1n) is 11.2. The van der Waals surface area contributed by atoms with Crippen LogP contribution in [0.4, 0.5) is 0 Å². The molecule has 4 fully saturated rings. The number of carboxylic acid groups (broad SMARTS) is 1. The predicted octanol–water partition coefficient (Wildman–Crippen LogP) is 6.29. The molecule has 0 aromatic rings. The summed E-state index contributed by atoms with van der Waals surface area (Å²) in [5, 5.41) is 8.98. The molecule has 0 saturated heterocycles. The topological polar surface area (TPSA) is 37.3 Å². The molecule has 0 spiro atoms. The Labute approximate surface area is 154 Å². The van der Waals surface area contributed by atoms with Crippen molar-refractivity contribution in [2.24, 2.45) is 40.4 Å². The fourth-order valence-corrected chi connectivity index (χ4v) is 8.38. The number of rotatable bonds is 4. The SMILES string of the molecule is C[C@]12CCCCC1CC[C@@H]1C2CC[C@]2(C)C(CCCC(=O)O)CCC12. The van der Waals surface area contributed by atoms with Gasteiger partial charge >= 0.3 is 5.97 Å². The molecule has 7 atom stereocenters. The Morgan fingerprint density at radius 2 is 1.72 bits per heavy atom. The van der Waals surface area contributed by atoms with Crippen LogP contribution in [-0.4, -0.2) is 11.1 Å². The van der Waals surface area contributed by atoms with Crippen molar-refractivity contribution in [3.8, 4) is 0 Å². The minimum absolute atomic E-state index is 0.364. The third-order valence-electron chi connectivity index (χ3n) is 9.72. The van der Waals surface area contributed by atoms with E-state index in [9.17, 15) is 4.79 Å². The quantitative estimate of drug-likeness (QED) is 0.649. The Morgan fingerprint density at radius 1 is 0.920 bits per heavy atom. The van der Waals surface area contributed by atoms with Gasteiger partial charge in [0.2, 0.25) is 0 Å². The van der Waals surface area contributed by atoms with Gasteiger partial charge in [0.25, 0.3) is 0 Å². The van der Waals surface area contributed by atoms with Gasteiger partial charge in [-0.25, -0.2) is 0 Å². The molecule has 142 valence electrons. The van der Waals surface area contributed by atoms with E-state index in [0.29, 0.717) is 17.3 Å². The van der Waals surface area contributed by atoms with Crippen molar-refractivity contribution in [2.45, 2.75) is 97.3 Å². The average molecular weight is 347 g/mol. The van der Waals surface area contributed by atoms with Crippen LogP contribution in [0, 0.1) is 40.4 Å². The Kier molecular flexibility index (Phi) is 4.69. The van der Waals surface area contributed by atoms with Crippen LogP contribution in [0.15, 0.2) is 0 Å². The van der Waals surface area contributed by atoms with Crippen LogP contribution in [0.3, 0.4) is 0 Å². The minimum atomic E-state index is -0.619. The first-order chi connectivity index (χ1) is 11.9. The van der Waals surface area contributed by atoms with E-state index in [4.69, 9.17) is 5.11 Å².